The molecule has 7 aromatic carbocycles. The van der Waals surface area contributed by atoms with Gasteiger partial charge in [-0.2, -0.15) is 0 Å². The highest BCUT2D eigenvalue weighted by Crippen LogP contribution is 2.40. The van der Waals surface area contributed by atoms with Crippen molar-refractivity contribution in [3.63, 3.8) is 0 Å². The lowest BCUT2D eigenvalue weighted by Gasteiger charge is -2.27. The average molecular weight is 1260 g/mol. The zero-order chi connectivity index (χ0) is 64.6. The van der Waals surface area contributed by atoms with Crippen LogP contribution in [-0.2, 0) is 33.4 Å². The molecule has 2 aliphatic rings. The minimum Gasteiger partial charge on any atom is -0.494 e. The Labute approximate surface area is 544 Å². The second kappa shape index (κ2) is 34.6. The van der Waals surface area contributed by atoms with E-state index >= 15 is 0 Å². The van der Waals surface area contributed by atoms with Gasteiger partial charge in [0.25, 0.3) is 0 Å². The molecule has 0 radical (unpaired) electrons. The molecule has 2 fully saturated rings. The number of fused-ring (bicyclic) bond motifs is 7. The molecule has 0 atom stereocenters. The first kappa shape index (κ1) is 66.9. The lowest BCUT2D eigenvalue weighted by molar-refractivity contribution is -0.141. The molecule has 16 nitrogen and oxygen atoms in total. The summed E-state index contributed by atoms with van der Waals surface area (Å²) in [5.41, 5.74) is 5.02. The van der Waals surface area contributed by atoms with Crippen LogP contribution in [0.15, 0.2) is 153 Å². The summed E-state index contributed by atoms with van der Waals surface area (Å²) in [6, 6.07) is 41.1. The normalized spacial score (nSPS) is 16.3. The predicted octanol–water partition coefficient (Wildman–Crippen LogP) is 16.5. The van der Waals surface area contributed by atoms with E-state index in [1.807, 2.05) is 60.7 Å². The van der Waals surface area contributed by atoms with Crippen molar-refractivity contribution in [3.05, 3.63) is 153 Å². The quantitative estimate of drug-likeness (QED) is 0.00911. The molecule has 8 aromatic rings. The fourth-order valence-electron chi connectivity index (χ4n) is 12.1. The van der Waals surface area contributed by atoms with Crippen molar-refractivity contribution in [2.45, 2.75) is 116 Å². The Balaban J connectivity index is 0.755. The lowest BCUT2D eigenvalue weighted by Crippen LogP contribution is -2.27. The molecular weight excluding hydrogens is 1180 g/mol. The van der Waals surface area contributed by atoms with Crippen LogP contribution in [0.5, 0.6) is 40.2 Å². The van der Waals surface area contributed by atoms with Crippen LogP contribution in [0.2, 0.25) is 0 Å². The van der Waals surface area contributed by atoms with E-state index in [-0.39, 0.29) is 35.6 Å². The molecule has 0 aliphatic heterocycles. The number of hydrogen-bond donors (Lipinski definition) is 0. The Bertz CT molecular complexity index is 3800. The van der Waals surface area contributed by atoms with Crippen LogP contribution in [-0.4, -0.2) is 93.3 Å². The standard InChI is InChI=1S/C77H86N2O14/c1-4-40-84-45-46-87-63-17-15-16-57(47-63)58-26-39-70-71(48-58)79-75-69-50-65(91-52-54-20-24-56(25-21-54)77(83)93-62-33-29-60(30-34-62)86-42-12-8-10-14-44-89-73(81)6-3)36-38-67(69)66-37-35-64(49-68(66)74(75)78-70)90-51-53-18-22-55(23-19-53)76(82)92-61-31-27-59(28-32-61)85-41-11-7-9-13-43-88-72(80)5-2/h5-6,15-17,26-39,47-50,53-56H,2-4,7-14,18-25,40-46,51-52H2,1H3. The van der Waals surface area contributed by atoms with Crippen molar-refractivity contribution < 1.29 is 66.5 Å². The van der Waals surface area contributed by atoms with Crippen LogP contribution in [0.25, 0.3) is 54.7 Å². The fourth-order valence-corrected chi connectivity index (χ4v) is 12.1. The topological polar surface area (TPSA) is 186 Å². The first-order valence-corrected chi connectivity index (χ1v) is 33.2. The van der Waals surface area contributed by atoms with Crippen molar-refractivity contribution in [2.24, 2.45) is 23.7 Å². The number of nitrogens with zero attached hydrogens (tertiary/aromatic N) is 2. The van der Waals surface area contributed by atoms with E-state index in [9.17, 15) is 19.2 Å². The molecule has 0 bridgehead atoms. The van der Waals surface area contributed by atoms with Gasteiger partial charge in [-0.05, 0) is 252 Å². The van der Waals surface area contributed by atoms with Crippen LogP contribution in [0, 0.1) is 23.7 Å². The molecule has 2 saturated carbocycles. The highest BCUT2D eigenvalue weighted by molar-refractivity contribution is 6.24. The monoisotopic (exact) mass is 1260 g/mol. The second-order valence-corrected chi connectivity index (χ2v) is 24.1. The Hall–Kier alpha value is -9.02. The maximum Gasteiger partial charge on any atom is 0.330 e. The van der Waals surface area contributed by atoms with E-state index in [0.717, 1.165) is 181 Å². The third-order valence-electron chi connectivity index (χ3n) is 17.3. The van der Waals surface area contributed by atoms with Gasteiger partial charge in [0, 0.05) is 29.5 Å². The molecular formula is C77H86N2O14. The minimum absolute atomic E-state index is 0.187. The van der Waals surface area contributed by atoms with Crippen molar-refractivity contribution in [1.29, 1.82) is 0 Å². The molecule has 0 amide bonds. The maximum atomic E-state index is 13.4. The van der Waals surface area contributed by atoms with E-state index < -0.39 is 11.9 Å². The number of carbonyl (C=O) groups is 4. The Morgan fingerprint density at radius 1 is 0.409 bits per heavy atom. The third kappa shape index (κ3) is 19.5. The summed E-state index contributed by atoms with van der Waals surface area (Å²) >= 11 is 0. The van der Waals surface area contributed by atoms with Gasteiger partial charge in [-0.15, -0.1) is 0 Å². The largest absolute Gasteiger partial charge is 0.494 e. The molecule has 0 unspecified atom stereocenters. The number of hydrogen-bond acceptors (Lipinski definition) is 16. The lowest BCUT2D eigenvalue weighted by atomic mass is 9.82. The van der Waals surface area contributed by atoms with Crippen molar-refractivity contribution >= 4 is 67.5 Å². The fraction of sp³-hybridized carbons (Fsp3) is 0.403. The third-order valence-corrected chi connectivity index (χ3v) is 17.3. The molecule has 0 saturated heterocycles. The number of unbranched alkanes of at least 4 members (excludes halogenated alkanes) is 6. The Morgan fingerprint density at radius 2 is 0.849 bits per heavy atom. The van der Waals surface area contributed by atoms with E-state index in [0.29, 0.717) is 82.5 Å². The van der Waals surface area contributed by atoms with Gasteiger partial charge in [0.2, 0.25) is 0 Å². The van der Waals surface area contributed by atoms with Gasteiger partial charge < -0.3 is 47.4 Å². The maximum absolute atomic E-state index is 13.4. The average Bonchev–Trinajstić information content (AvgIpc) is 0.735. The van der Waals surface area contributed by atoms with Crippen molar-refractivity contribution in [2.75, 3.05) is 59.5 Å². The molecule has 0 N–H and O–H groups in total. The van der Waals surface area contributed by atoms with Gasteiger partial charge >= 0.3 is 23.9 Å². The van der Waals surface area contributed by atoms with Crippen molar-refractivity contribution in [3.8, 4) is 51.4 Å². The summed E-state index contributed by atoms with van der Waals surface area (Å²) in [6.07, 6.45) is 16.7. The number of carbonyl (C=O) groups excluding carboxylic acids is 4. The summed E-state index contributed by atoms with van der Waals surface area (Å²) in [7, 11) is 0. The molecule has 16 heteroatoms. The van der Waals surface area contributed by atoms with Crippen LogP contribution < -0.4 is 33.2 Å². The van der Waals surface area contributed by atoms with E-state index in [1.165, 1.54) is 12.2 Å². The number of benzene rings is 7. The van der Waals surface area contributed by atoms with E-state index in [4.69, 9.17) is 57.3 Å². The highest BCUT2D eigenvalue weighted by atomic mass is 16.6. The molecule has 2 aliphatic carbocycles. The zero-order valence-electron chi connectivity index (χ0n) is 53.5. The number of aromatic nitrogens is 2. The molecule has 488 valence electrons. The number of esters is 4. The Morgan fingerprint density at radius 3 is 1.34 bits per heavy atom. The van der Waals surface area contributed by atoms with Gasteiger partial charge in [0.1, 0.15) is 46.9 Å². The van der Waals surface area contributed by atoms with E-state index in [2.05, 4.69) is 62.5 Å². The molecule has 0 spiro atoms. The van der Waals surface area contributed by atoms with Gasteiger partial charge in [-0.1, -0.05) is 38.3 Å². The van der Waals surface area contributed by atoms with Crippen LogP contribution in [0.4, 0.5) is 0 Å². The summed E-state index contributed by atoms with van der Waals surface area (Å²) in [5.74, 6) is 3.63. The highest BCUT2D eigenvalue weighted by Gasteiger charge is 2.30. The van der Waals surface area contributed by atoms with Gasteiger partial charge in [-0.3, -0.25) is 9.59 Å². The minimum atomic E-state index is -0.396. The summed E-state index contributed by atoms with van der Waals surface area (Å²) in [4.78, 5) is 59.9. The van der Waals surface area contributed by atoms with Crippen LogP contribution in [0.1, 0.15) is 116 Å². The predicted molar refractivity (Wildman–Crippen MR) is 360 cm³/mol. The van der Waals surface area contributed by atoms with Gasteiger partial charge in [0.15, 0.2) is 0 Å². The molecule has 93 heavy (non-hydrogen) atoms. The summed E-state index contributed by atoms with van der Waals surface area (Å²) < 4.78 is 58.5. The van der Waals surface area contributed by atoms with Crippen LogP contribution >= 0.6 is 0 Å². The van der Waals surface area contributed by atoms with E-state index in [1.54, 1.807) is 24.3 Å². The summed E-state index contributed by atoms with van der Waals surface area (Å²) in [5, 5.41) is 3.90. The van der Waals surface area contributed by atoms with Gasteiger partial charge in [0.05, 0.1) is 80.2 Å². The second-order valence-electron chi connectivity index (χ2n) is 24.1. The van der Waals surface area contributed by atoms with Crippen LogP contribution in [0.3, 0.4) is 0 Å². The smallest absolute Gasteiger partial charge is 0.330 e. The molecule has 1 aromatic heterocycles. The first-order valence-electron chi connectivity index (χ1n) is 33.2. The Kier molecular flexibility index (Phi) is 24.9. The number of ether oxygens (including phenoxy) is 10. The SMILES string of the molecule is C=CC(=O)OCCCCCCOc1ccc(OC(=O)C2CCC(COc3ccc4c5ccc(OCC6CCC(C(=O)Oc7ccc(OCCCCCCOC(=O)C=C)cc7)CC6)cc5c5nc6cc(-c7cccc(OCCOCCC)c7)ccc6nc5c4c3)CC2)cc1. The zero-order valence-corrected chi connectivity index (χ0v) is 53.5. The van der Waals surface area contributed by atoms with Crippen molar-refractivity contribution in [1.82, 2.24) is 9.97 Å². The summed E-state index contributed by atoms with van der Waals surface area (Å²) in [6.45, 7) is 13.6. The molecule has 1 heterocycles. The number of rotatable bonds is 35. The molecule has 10 rings (SSSR count). The first-order chi connectivity index (χ1) is 45.6. The van der Waals surface area contributed by atoms with Gasteiger partial charge in [-0.25, -0.2) is 19.6 Å².